The fourth-order valence-corrected chi connectivity index (χ4v) is 5.42. The SMILES string of the molecule is CC[C@H](C)[C@@H](C(=O)N[C@H]1CCc2cccc3c2N(C1=O)[C@H](C(=O)NCC1=CCN=N1)C3)N(C)C(=O)CC(N)=O. The number of azo groups is 1. The van der Waals surface area contributed by atoms with Gasteiger partial charge in [-0.3, -0.25) is 28.9 Å². The molecule has 5 amide bonds. The van der Waals surface area contributed by atoms with Crippen LogP contribution in [0.2, 0.25) is 0 Å². The molecule has 4 N–H and O–H groups in total. The Balaban J connectivity index is 1.56. The number of likely N-dealkylation sites (N-methyl/N-ethyl adjacent to an activating group) is 1. The zero-order valence-corrected chi connectivity index (χ0v) is 22.5. The van der Waals surface area contributed by atoms with Crippen LogP contribution in [0.5, 0.6) is 0 Å². The highest BCUT2D eigenvalue weighted by Gasteiger charge is 2.44. The van der Waals surface area contributed by atoms with Crippen molar-refractivity contribution in [1.29, 1.82) is 0 Å². The summed E-state index contributed by atoms with van der Waals surface area (Å²) in [6, 6.07) is 3.20. The summed E-state index contributed by atoms with van der Waals surface area (Å²) < 4.78 is 0. The van der Waals surface area contributed by atoms with Crippen LogP contribution in [-0.2, 0) is 36.8 Å². The molecule has 208 valence electrons. The van der Waals surface area contributed by atoms with Gasteiger partial charge >= 0.3 is 0 Å². The molecule has 0 saturated carbocycles. The van der Waals surface area contributed by atoms with Crippen LogP contribution in [-0.4, -0.2) is 72.7 Å². The largest absolute Gasteiger partial charge is 0.369 e. The molecule has 0 spiro atoms. The van der Waals surface area contributed by atoms with Gasteiger partial charge in [0.1, 0.15) is 24.5 Å². The molecule has 4 rings (SSSR count). The molecule has 0 aromatic heterocycles. The summed E-state index contributed by atoms with van der Waals surface area (Å²) in [5.74, 6) is -2.78. The zero-order chi connectivity index (χ0) is 28.3. The minimum atomic E-state index is -0.901. The van der Waals surface area contributed by atoms with E-state index in [1.807, 2.05) is 38.1 Å². The van der Waals surface area contributed by atoms with Crippen molar-refractivity contribution in [1.82, 2.24) is 15.5 Å². The van der Waals surface area contributed by atoms with Crippen molar-refractivity contribution in [3.8, 4) is 0 Å². The Morgan fingerprint density at radius 3 is 2.64 bits per heavy atom. The van der Waals surface area contributed by atoms with Gasteiger partial charge in [-0.05, 0) is 36.0 Å². The molecular weight excluding hydrogens is 502 g/mol. The number of benzene rings is 1. The van der Waals surface area contributed by atoms with E-state index in [0.29, 0.717) is 37.9 Å². The number of para-hydroxylation sites is 1. The number of aryl methyl sites for hydroxylation is 1. The summed E-state index contributed by atoms with van der Waals surface area (Å²) in [4.78, 5) is 67.4. The number of rotatable bonds is 10. The molecule has 3 heterocycles. The molecule has 0 radical (unpaired) electrons. The molecule has 1 aromatic carbocycles. The molecule has 0 fully saturated rings. The van der Waals surface area contributed by atoms with E-state index in [-0.39, 0.29) is 24.3 Å². The van der Waals surface area contributed by atoms with Crippen molar-refractivity contribution in [2.75, 3.05) is 25.0 Å². The first-order chi connectivity index (χ1) is 18.6. The first-order valence-electron chi connectivity index (χ1n) is 13.2. The summed E-state index contributed by atoms with van der Waals surface area (Å²) >= 11 is 0. The quantitative estimate of drug-likeness (QED) is 0.371. The molecule has 0 saturated heterocycles. The van der Waals surface area contributed by atoms with Crippen LogP contribution in [0.15, 0.2) is 40.2 Å². The van der Waals surface area contributed by atoms with Crippen LogP contribution in [0.3, 0.4) is 0 Å². The van der Waals surface area contributed by atoms with Gasteiger partial charge in [0, 0.05) is 13.5 Å². The predicted molar refractivity (Wildman–Crippen MR) is 142 cm³/mol. The first kappa shape index (κ1) is 27.9. The number of anilines is 1. The molecular formula is C27H35N7O5. The molecule has 0 bridgehead atoms. The summed E-state index contributed by atoms with van der Waals surface area (Å²) in [7, 11) is 1.46. The lowest BCUT2D eigenvalue weighted by Crippen LogP contribution is -2.58. The van der Waals surface area contributed by atoms with Gasteiger partial charge in [0.05, 0.1) is 24.5 Å². The third-order valence-corrected chi connectivity index (χ3v) is 7.67. The monoisotopic (exact) mass is 537 g/mol. The van der Waals surface area contributed by atoms with Crippen LogP contribution >= 0.6 is 0 Å². The number of carbonyl (C=O) groups excluding carboxylic acids is 5. The van der Waals surface area contributed by atoms with Crippen molar-refractivity contribution in [3.63, 3.8) is 0 Å². The van der Waals surface area contributed by atoms with Crippen molar-refractivity contribution in [2.24, 2.45) is 21.9 Å². The number of primary amides is 1. The topological polar surface area (TPSA) is 167 Å². The van der Waals surface area contributed by atoms with Gasteiger partial charge in [-0.25, -0.2) is 0 Å². The van der Waals surface area contributed by atoms with Gasteiger partial charge in [0.2, 0.25) is 29.5 Å². The normalized spacial score (nSPS) is 20.9. The maximum absolute atomic E-state index is 13.9. The predicted octanol–water partition coefficient (Wildman–Crippen LogP) is 0.590. The van der Waals surface area contributed by atoms with E-state index in [4.69, 9.17) is 5.73 Å². The van der Waals surface area contributed by atoms with E-state index in [1.165, 1.54) is 16.8 Å². The number of hydrogen-bond donors (Lipinski definition) is 3. The van der Waals surface area contributed by atoms with Crippen LogP contribution < -0.4 is 21.3 Å². The minimum Gasteiger partial charge on any atom is -0.369 e. The maximum atomic E-state index is 13.9. The van der Waals surface area contributed by atoms with Crippen molar-refractivity contribution in [2.45, 2.75) is 64.1 Å². The molecule has 3 aliphatic heterocycles. The van der Waals surface area contributed by atoms with Crippen LogP contribution in [0, 0.1) is 5.92 Å². The molecule has 12 heteroatoms. The number of carbonyl (C=O) groups is 5. The summed E-state index contributed by atoms with van der Waals surface area (Å²) in [6.45, 7) is 4.42. The van der Waals surface area contributed by atoms with E-state index >= 15 is 0 Å². The minimum absolute atomic E-state index is 0.215. The number of nitrogens with two attached hydrogens (primary N) is 1. The summed E-state index contributed by atoms with van der Waals surface area (Å²) in [5, 5.41) is 13.6. The Morgan fingerprint density at radius 2 is 1.97 bits per heavy atom. The third-order valence-electron chi connectivity index (χ3n) is 7.67. The van der Waals surface area contributed by atoms with Gasteiger partial charge in [-0.15, -0.1) is 0 Å². The molecule has 0 unspecified atom stereocenters. The second-order valence-electron chi connectivity index (χ2n) is 10.3. The number of amides is 5. The van der Waals surface area contributed by atoms with Crippen molar-refractivity contribution in [3.05, 3.63) is 41.1 Å². The Hall–Kier alpha value is -4.09. The van der Waals surface area contributed by atoms with Crippen molar-refractivity contribution >= 4 is 35.2 Å². The van der Waals surface area contributed by atoms with E-state index in [2.05, 4.69) is 20.9 Å². The van der Waals surface area contributed by atoms with Gasteiger partial charge in [0.15, 0.2) is 0 Å². The second-order valence-corrected chi connectivity index (χ2v) is 10.3. The molecule has 12 nitrogen and oxygen atoms in total. The highest BCUT2D eigenvalue weighted by molar-refractivity contribution is 6.08. The second kappa shape index (κ2) is 11.7. The average Bonchev–Trinajstić information content (AvgIpc) is 3.54. The van der Waals surface area contributed by atoms with E-state index in [0.717, 1.165) is 16.8 Å². The number of nitrogens with one attached hydrogen (secondary N) is 2. The molecule has 39 heavy (non-hydrogen) atoms. The van der Waals surface area contributed by atoms with Crippen LogP contribution in [0.4, 0.5) is 5.69 Å². The lowest BCUT2D eigenvalue weighted by Gasteiger charge is -2.33. The molecule has 3 aliphatic rings. The average molecular weight is 538 g/mol. The van der Waals surface area contributed by atoms with Gasteiger partial charge in [-0.1, -0.05) is 38.5 Å². The number of hydrogen-bond acceptors (Lipinski definition) is 7. The fourth-order valence-electron chi connectivity index (χ4n) is 5.42. The first-order valence-corrected chi connectivity index (χ1v) is 13.2. The van der Waals surface area contributed by atoms with Crippen molar-refractivity contribution < 1.29 is 24.0 Å². The van der Waals surface area contributed by atoms with Gasteiger partial charge in [-0.2, -0.15) is 10.2 Å². The van der Waals surface area contributed by atoms with E-state index in [1.54, 1.807) is 0 Å². The summed E-state index contributed by atoms with van der Waals surface area (Å²) in [5.41, 5.74) is 8.42. The Labute approximate surface area is 227 Å². The van der Waals surface area contributed by atoms with Crippen LogP contribution in [0.25, 0.3) is 0 Å². The Kier molecular flexibility index (Phi) is 8.41. The van der Waals surface area contributed by atoms with E-state index < -0.39 is 42.3 Å². The van der Waals surface area contributed by atoms with Gasteiger partial charge < -0.3 is 21.3 Å². The Morgan fingerprint density at radius 1 is 1.23 bits per heavy atom. The van der Waals surface area contributed by atoms with Gasteiger partial charge in [0.25, 0.3) is 0 Å². The molecule has 4 atom stereocenters. The molecule has 0 aliphatic carbocycles. The van der Waals surface area contributed by atoms with E-state index in [9.17, 15) is 24.0 Å². The van der Waals surface area contributed by atoms with Crippen LogP contribution in [0.1, 0.15) is 44.2 Å². The molecule has 1 aromatic rings. The highest BCUT2D eigenvalue weighted by atomic mass is 16.2. The Bertz CT molecular complexity index is 1240. The standard InChI is InChI=1S/C27H35N7O5/c1-4-15(2)23(33(3)22(36)13-21(28)35)26(38)31-19-9-8-16-6-5-7-17-12-20(34(24(16)17)27(19)39)25(37)29-14-18-10-11-30-32-18/h5-7,10,15,19-20,23H,4,8-9,11-14H2,1-3H3,(H2,28,35)(H,29,37)(H,31,38)/t15-,19-,20-,23-/m0/s1. The third kappa shape index (κ3) is 5.84. The zero-order valence-electron chi connectivity index (χ0n) is 22.5. The highest BCUT2D eigenvalue weighted by Crippen LogP contribution is 2.39. The summed E-state index contributed by atoms with van der Waals surface area (Å²) in [6.07, 6.45) is 3.13. The fraction of sp³-hybridized carbons (Fsp3) is 0.519. The maximum Gasteiger partial charge on any atom is 0.250 e. The smallest absolute Gasteiger partial charge is 0.250 e. The lowest BCUT2D eigenvalue weighted by molar-refractivity contribution is -0.143. The number of nitrogens with zero attached hydrogens (tertiary/aromatic N) is 4. The lowest BCUT2D eigenvalue weighted by atomic mass is 9.95.